The molecule has 0 saturated carbocycles. The van der Waals surface area contributed by atoms with Crippen LogP contribution >= 0.6 is 0 Å². The van der Waals surface area contributed by atoms with E-state index < -0.39 is 0 Å². The molecule has 0 radical (unpaired) electrons. The van der Waals surface area contributed by atoms with Crippen LogP contribution in [0.5, 0.6) is 0 Å². The number of fused-ring (bicyclic) bond motifs is 1. The summed E-state index contributed by atoms with van der Waals surface area (Å²) in [4.78, 5) is 19.4. The summed E-state index contributed by atoms with van der Waals surface area (Å²) in [7, 11) is 0. The van der Waals surface area contributed by atoms with E-state index in [1.54, 1.807) is 6.20 Å². The molecule has 172 valence electrons. The Morgan fingerprint density at radius 1 is 1.12 bits per heavy atom. The smallest absolute Gasteiger partial charge is 0.315 e. The number of aromatic nitrogens is 3. The van der Waals surface area contributed by atoms with Crippen LogP contribution in [0.4, 0.5) is 10.6 Å². The Labute approximate surface area is 194 Å². The summed E-state index contributed by atoms with van der Waals surface area (Å²) in [5, 5.41) is 10.8. The van der Waals surface area contributed by atoms with Gasteiger partial charge in [0.2, 0.25) is 0 Å². The van der Waals surface area contributed by atoms with Gasteiger partial charge in [-0.2, -0.15) is 5.10 Å². The average Bonchev–Trinajstić information content (AvgIpc) is 3.28. The van der Waals surface area contributed by atoms with E-state index in [9.17, 15) is 4.79 Å². The van der Waals surface area contributed by atoms with Gasteiger partial charge in [-0.05, 0) is 42.5 Å². The molecule has 1 aliphatic heterocycles. The molecule has 1 aromatic carbocycles. The molecular formula is C25H30N6O2. The number of hydrogen-bond acceptors (Lipinski definition) is 5. The number of nitrogens with zero attached hydrogens (tertiary/aromatic N) is 4. The predicted octanol–water partition coefficient (Wildman–Crippen LogP) is 3.04. The van der Waals surface area contributed by atoms with E-state index >= 15 is 0 Å². The van der Waals surface area contributed by atoms with Crippen molar-refractivity contribution in [3.05, 3.63) is 77.2 Å². The van der Waals surface area contributed by atoms with Gasteiger partial charge >= 0.3 is 6.03 Å². The number of ether oxygens (including phenoxy) is 1. The third kappa shape index (κ3) is 5.17. The standard InChI is InChI=1S/C25H30N6O2/c32-25(27-16-20-9-10-26-24(15-20)30-11-13-33-14-12-30)29-22-7-4-8-23-21(22)17-28-31(23)18-19-5-2-1-3-6-19/h1-3,5-6,9-10,15,17,22H,4,7-8,11-14,16,18H2,(H2,27,29,32). The number of benzene rings is 1. The third-order valence-electron chi connectivity index (χ3n) is 6.34. The van der Waals surface area contributed by atoms with Crippen LogP contribution in [-0.4, -0.2) is 47.1 Å². The lowest BCUT2D eigenvalue weighted by Crippen LogP contribution is -2.39. The predicted molar refractivity (Wildman–Crippen MR) is 126 cm³/mol. The highest BCUT2D eigenvalue weighted by Crippen LogP contribution is 2.30. The number of carbonyl (C=O) groups is 1. The maximum Gasteiger partial charge on any atom is 0.315 e. The fraction of sp³-hybridized carbons (Fsp3) is 0.400. The van der Waals surface area contributed by atoms with Gasteiger partial charge in [-0.3, -0.25) is 4.68 Å². The SMILES string of the molecule is O=C(NCc1ccnc(N2CCOCC2)c1)NC1CCCc2c1cnn2Cc1ccccc1. The summed E-state index contributed by atoms with van der Waals surface area (Å²) in [6.07, 6.45) is 6.66. The number of nitrogens with one attached hydrogen (secondary N) is 2. The zero-order valence-corrected chi connectivity index (χ0v) is 18.7. The van der Waals surface area contributed by atoms with Crippen LogP contribution < -0.4 is 15.5 Å². The Kier molecular flexibility index (Phi) is 6.53. The molecule has 1 aliphatic carbocycles. The number of urea groups is 1. The fourth-order valence-electron chi connectivity index (χ4n) is 4.59. The number of pyridine rings is 1. The molecular weight excluding hydrogens is 416 g/mol. The Bertz CT molecular complexity index is 1080. The van der Waals surface area contributed by atoms with E-state index in [0.717, 1.165) is 69.1 Å². The molecule has 2 aliphatic rings. The summed E-state index contributed by atoms with van der Waals surface area (Å²) in [5.41, 5.74) is 4.61. The third-order valence-corrected chi connectivity index (χ3v) is 6.34. The molecule has 8 heteroatoms. The van der Waals surface area contributed by atoms with Crippen molar-refractivity contribution in [3.8, 4) is 0 Å². The summed E-state index contributed by atoms with van der Waals surface area (Å²) in [5.74, 6) is 0.931. The monoisotopic (exact) mass is 446 g/mol. The molecule has 1 atom stereocenters. The molecule has 1 saturated heterocycles. The number of amides is 2. The summed E-state index contributed by atoms with van der Waals surface area (Å²) in [6.45, 7) is 4.33. The number of anilines is 1. The van der Waals surface area contributed by atoms with Crippen molar-refractivity contribution in [2.45, 2.75) is 38.4 Å². The zero-order chi connectivity index (χ0) is 22.5. The molecule has 2 amide bonds. The van der Waals surface area contributed by atoms with Crippen molar-refractivity contribution >= 4 is 11.8 Å². The maximum absolute atomic E-state index is 12.7. The van der Waals surface area contributed by atoms with Gasteiger partial charge < -0.3 is 20.3 Å². The minimum Gasteiger partial charge on any atom is -0.378 e. The van der Waals surface area contributed by atoms with Gasteiger partial charge in [-0.1, -0.05) is 30.3 Å². The largest absolute Gasteiger partial charge is 0.378 e. The van der Waals surface area contributed by atoms with E-state index in [2.05, 4.69) is 42.4 Å². The Hall–Kier alpha value is -3.39. The van der Waals surface area contributed by atoms with Crippen molar-refractivity contribution in [2.75, 3.05) is 31.2 Å². The number of rotatable bonds is 6. The number of carbonyl (C=O) groups excluding carboxylic acids is 1. The lowest BCUT2D eigenvalue weighted by molar-refractivity contribution is 0.122. The topological polar surface area (TPSA) is 84.3 Å². The van der Waals surface area contributed by atoms with E-state index in [-0.39, 0.29) is 12.1 Å². The van der Waals surface area contributed by atoms with Gasteiger partial charge in [0.05, 0.1) is 32.0 Å². The fourth-order valence-corrected chi connectivity index (χ4v) is 4.59. The van der Waals surface area contributed by atoms with Crippen molar-refractivity contribution in [1.29, 1.82) is 0 Å². The van der Waals surface area contributed by atoms with Crippen molar-refractivity contribution in [2.24, 2.45) is 0 Å². The molecule has 2 aromatic heterocycles. The second-order valence-corrected chi connectivity index (χ2v) is 8.58. The summed E-state index contributed by atoms with van der Waals surface area (Å²) in [6, 6.07) is 14.2. The van der Waals surface area contributed by atoms with Gasteiger partial charge in [0.25, 0.3) is 0 Å². The first-order valence-corrected chi connectivity index (χ1v) is 11.7. The first-order valence-electron chi connectivity index (χ1n) is 11.7. The molecule has 2 N–H and O–H groups in total. The maximum atomic E-state index is 12.7. The Morgan fingerprint density at radius 3 is 2.82 bits per heavy atom. The lowest BCUT2D eigenvalue weighted by Gasteiger charge is -2.28. The van der Waals surface area contributed by atoms with Crippen molar-refractivity contribution < 1.29 is 9.53 Å². The molecule has 5 rings (SSSR count). The van der Waals surface area contributed by atoms with E-state index in [0.29, 0.717) is 6.54 Å². The normalized spacial score (nSPS) is 17.9. The Morgan fingerprint density at radius 2 is 1.97 bits per heavy atom. The highest BCUT2D eigenvalue weighted by atomic mass is 16.5. The molecule has 0 spiro atoms. The van der Waals surface area contributed by atoms with Gasteiger partial charge in [0.15, 0.2) is 0 Å². The lowest BCUT2D eigenvalue weighted by atomic mass is 9.93. The molecule has 33 heavy (non-hydrogen) atoms. The Balaban J connectivity index is 1.18. The van der Waals surface area contributed by atoms with Crippen LogP contribution in [0.15, 0.2) is 54.9 Å². The number of morpholine rings is 1. The zero-order valence-electron chi connectivity index (χ0n) is 18.7. The highest BCUT2D eigenvalue weighted by Gasteiger charge is 2.25. The molecule has 1 fully saturated rings. The molecule has 8 nitrogen and oxygen atoms in total. The van der Waals surface area contributed by atoms with Crippen LogP contribution in [0, 0.1) is 0 Å². The quantitative estimate of drug-likeness (QED) is 0.608. The second kappa shape index (κ2) is 10.0. The van der Waals surface area contributed by atoms with Crippen LogP contribution in [0.3, 0.4) is 0 Å². The van der Waals surface area contributed by atoms with Gasteiger partial charge in [0, 0.05) is 37.1 Å². The number of hydrogen-bond donors (Lipinski definition) is 2. The van der Waals surface area contributed by atoms with Crippen LogP contribution in [0.2, 0.25) is 0 Å². The molecule has 3 heterocycles. The molecule has 3 aromatic rings. The van der Waals surface area contributed by atoms with Crippen molar-refractivity contribution in [1.82, 2.24) is 25.4 Å². The highest BCUT2D eigenvalue weighted by molar-refractivity contribution is 5.74. The average molecular weight is 447 g/mol. The van der Waals surface area contributed by atoms with Crippen molar-refractivity contribution in [3.63, 3.8) is 0 Å². The molecule has 0 bridgehead atoms. The van der Waals surface area contributed by atoms with E-state index in [4.69, 9.17) is 4.74 Å². The first-order chi connectivity index (χ1) is 16.3. The molecule has 1 unspecified atom stereocenters. The minimum atomic E-state index is -0.159. The summed E-state index contributed by atoms with van der Waals surface area (Å²) >= 11 is 0. The van der Waals surface area contributed by atoms with Gasteiger partial charge in [-0.25, -0.2) is 9.78 Å². The minimum absolute atomic E-state index is 0.0142. The second-order valence-electron chi connectivity index (χ2n) is 8.58. The van der Waals surface area contributed by atoms with Crippen LogP contribution in [0.25, 0.3) is 0 Å². The summed E-state index contributed by atoms with van der Waals surface area (Å²) < 4.78 is 7.49. The van der Waals surface area contributed by atoms with Crippen LogP contribution in [-0.2, 0) is 24.2 Å². The van der Waals surface area contributed by atoms with E-state index in [1.165, 1.54) is 11.3 Å². The first kappa shape index (κ1) is 21.5. The van der Waals surface area contributed by atoms with Gasteiger partial charge in [-0.15, -0.1) is 0 Å². The van der Waals surface area contributed by atoms with E-state index in [1.807, 2.05) is 36.5 Å². The van der Waals surface area contributed by atoms with Crippen LogP contribution in [0.1, 0.15) is 41.3 Å². The van der Waals surface area contributed by atoms with Gasteiger partial charge in [0.1, 0.15) is 5.82 Å².